The van der Waals surface area contributed by atoms with Gasteiger partial charge < -0.3 is 10.6 Å². The first-order chi connectivity index (χ1) is 11.9. The van der Waals surface area contributed by atoms with Crippen molar-refractivity contribution in [2.75, 3.05) is 5.32 Å². The standard InChI is InChI=1S/C19H18FN3O2/c1-12(2)17(23-18(24)14-6-8-15(20)9-7-14)19(25)22-16-5-3-4-13(10-16)11-21/h3-10,12,17H,1-2H3,(H,22,25)(H,23,24). The summed E-state index contributed by atoms with van der Waals surface area (Å²) in [6, 6.07) is 12.8. The molecule has 6 heteroatoms. The molecule has 1 atom stereocenters. The van der Waals surface area contributed by atoms with E-state index < -0.39 is 17.8 Å². The largest absolute Gasteiger partial charge is 0.340 e. The molecule has 0 bridgehead atoms. The molecule has 0 aromatic heterocycles. The van der Waals surface area contributed by atoms with E-state index in [4.69, 9.17) is 5.26 Å². The molecule has 0 aliphatic carbocycles. The third-order valence-corrected chi connectivity index (χ3v) is 3.60. The topological polar surface area (TPSA) is 82.0 Å². The van der Waals surface area contributed by atoms with Gasteiger partial charge in [-0.25, -0.2) is 4.39 Å². The lowest BCUT2D eigenvalue weighted by atomic mass is 10.0. The molecule has 0 spiro atoms. The van der Waals surface area contributed by atoms with Crippen molar-refractivity contribution >= 4 is 17.5 Å². The number of carbonyl (C=O) groups excluding carboxylic acids is 2. The molecule has 2 amide bonds. The second kappa shape index (κ2) is 8.06. The fourth-order valence-electron chi connectivity index (χ4n) is 2.25. The number of nitrogens with zero attached hydrogens (tertiary/aromatic N) is 1. The van der Waals surface area contributed by atoms with Crippen LogP contribution in [-0.4, -0.2) is 17.9 Å². The third-order valence-electron chi connectivity index (χ3n) is 3.60. The van der Waals surface area contributed by atoms with Crippen molar-refractivity contribution in [2.45, 2.75) is 19.9 Å². The molecule has 0 radical (unpaired) electrons. The van der Waals surface area contributed by atoms with E-state index >= 15 is 0 Å². The fraction of sp³-hybridized carbons (Fsp3) is 0.211. The van der Waals surface area contributed by atoms with Crippen molar-refractivity contribution in [3.8, 4) is 6.07 Å². The van der Waals surface area contributed by atoms with Gasteiger partial charge in [-0.3, -0.25) is 9.59 Å². The second-order valence-corrected chi connectivity index (χ2v) is 5.88. The fourth-order valence-corrected chi connectivity index (χ4v) is 2.25. The van der Waals surface area contributed by atoms with Crippen LogP contribution in [0.25, 0.3) is 0 Å². The Hall–Kier alpha value is -3.20. The van der Waals surface area contributed by atoms with Gasteiger partial charge in [-0.1, -0.05) is 19.9 Å². The maximum Gasteiger partial charge on any atom is 0.251 e. The Labute approximate surface area is 145 Å². The van der Waals surface area contributed by atoms with Gasteiger partial charge in [-0.2, -0.15) is 5.26 Å². The third kappa shape index (κ3) is 4.88. The van der Waals surface area contributed by atoms with Crippen LogP contribution in [0.3, 0.4) is 0 Å². The Morgan fingerprint density at radius 3 is 2.40 bits per heavy atom. The van der Waals surface area contributed by atoms with Gasteiger partial charge in [0.15, 0.2) is 0 Å². The van der Waals surface area contributed by atoms with Crippen molar-refractivity contribution in [1.82, 2.24) is 5.32 Å². The van der Waals surface area contributed by atoms with E-state index in [0.29, 0.717) is 11.3 Å². The molecule has 2 aromatic carbocycles. The molecule has 1 unspecified atom stereocenters. The van der Waals surface area contributed by atoms with Crippen LogP contribution >= 0.6 is 0 Å². The van der Waals surface area contributed by atoms with Gasteiger partial charge in [-0.05, 0) is 48.4 Å². The van der Waals surface area contributed by atoms with Gasteiger partial charge in [0.05, 0.1) is 11.6 Å². The van der Waals surface area contributed by atoms with Crippen molar-refractivity contribution in [3.05, 3.63) is 65.5 Å². The Morgan fingerprint density at radius 2 is 1.80 bits per heavy atom. The molecule has 0 aliphatic heterocycles. The summed E-state index contributed by atoms with van der Waals surface area (Å²) in [7, 11) is 0. The lowest BCUT2D eigenvalue weighted by Crippen LogP contribution is -2.47. The van der Waals surface area contributed by atoms with Crippen LogP contribution < -0.4 is 10.6 Å². The quantitative estimate of drug-likeness (QED) is 0.878. The van der Waals surface area contributed by atoms with Crippen molar-refractivity contribution in [3.63, 3.8) is 0 Å². The average molecular weight is 339 g/mol. The van der Waals surface area contributed by atoms with Crippen LogP contribution in [0.4, 0.5) is 10.1 Å². The van der Waals surface area contributed by atoms with Gasteiger partial charge in [0.1, 0.15) is 11.9 Å². The lowest BCUT2D eigenvalue weighted by molar-refractivity contribution is -0.118. The molecule has 0 saturated carbocycles. The van der Waals surface area contributed by atoms with Crippen LogP contribution in [0, 0.1) is 23.1 Å². The number of amides is 2. The molecule has 0 saturated heterocycles. The molecular formula is C19H18FN3O2. The van der Waals surface area contributed by atoms with Gasteiger partial charge >= 0.3 is 0 Å². The summed E-state index contributed by atoms with van der Waals surface area (Å²) >= 11 is 0. The predicted molar refractivity (Wildman–Crippen MR) is 92.3 cm³/mol. The number of nitriles is 1. The van der Waals surface area contributed by atoms with Crippen LogP contribution in [0.1, 0.15) is 29.8 Å². The van der Waals surface area contributed by atoms with Crippen molar-refractivity contribution in [2.24, 2.45) is 5.92 Å². The minimum atomic E-state index is -0.775. The van der Waals surface area contributed by atoms with Crippen LogP contribution in [-0.2, 0) is 4.79 Å². The summed E-state index contributed by atoms with van der Waals surface area (Å²) in [5.41, 5.74) is 1.17. The van der Waals surface area contributed by atoms with E-state index in [1.54, 1.807) is 38.1 Å². The molecule has 0 fully saturated rings. The first-order valence-corrected chi connectivity index (χ1v) is 7.78. The number of benzene rings is 2. The first-order valence-electron chi connectivity index (χ1n) is 7.78. The van der Waals surface area contributed by atoms with E-state index in [0.717, 1.165) is 0 Å². The number of nitrogens with one attached hydrogen (secondary N) is 2. The number of carbonyl (C=O) groups is 2. The molecule has 2 rings (SSSR count). The van der Waals surface area contributed by atoms with E-state index in [-0.39, 0.29) is 17.4 Å². The Balaban J connectivity index is 2.11. The van der Waals surface area contributed by atoms with Crippen LogP contribution in [0.2, 0.25) is 0 Å². The molecule has 2 aromatic rings. The Kier molecular flexibility index (Phi) is 5.85. The average Bonchev–Trinajstić information content (AvgIpc) is 2.59. The van der Waals surface area contributed by atoms with E-state index in [1.807, 2.05) is 6.07 Å². The number of rotatable bonds is 5. The SMILES string of the molecule is CC(C)C(NC(=O)c1ccc(F)cc1)C(=O)Nc1cccc(C#N)c1. The summed E-state index contributed by atoms with van der Waals surface area (Å²) < 4.78 is 13.0. The van der Waals surface area contributed by atoms with E-state index in [2.05, 4.69) is 10.6 Å². The molecule has 25 heavy (non-hydrogen) atoms. The Bertz CT molecular complexity index is 810. The van der Waals surface area contributed by atoms with Gasteiger partial charge in [0.2, 0.25) is 5.91 Å². The predicted octanol–water partition coefficient (Wildman–Crippen LogP) is 3.09. The molecule has 5 nitrogen and oxygen atoms in total. The van der Waals surface area contributed by atoms with Crippen molar-refractivity contribution < 1.29 is 14.0 Å². The van der Waals surface area contributed by atoms with Crippen LogP contribution in [0.15, 0.2) is 48.5 Å². The summed E-state index contributed by atoms with van der Waals surface area (Å²) in [6.45, 7) is 3.61. The number of halogens is 1. The zero-order valence-electron chi connectivity index (χ0n) is 13.9. The lowest BCUT2D eigenvalue weighted by Gasteiger charge is -2.22. The second-order valence-electron chi connectivity index (χ2n) is 5.88. The number of hydrogen-bond acceptors (Lipinski definition) is 3. The highest BCUT2D eigenvalue weighted by molar-refractivity contribution is 6.01. The van der Waals surface area contributed by atoms with Gasteiger partial charge in [-0.15, -0.1) is 0 Å². The number of anilines is 1. The molecule has 128 valence electrons. The zero-order chi connectivity index (χ0) is 18.4. The molecule has 0 heterocycles. The Morgan fingerprint density at radius 1 is 1.12 bits per heavy atom. The van der Waals surface area contributed by atoms with Gasteiger partial charge in [0, 0.05) is 11.3 Å². The summed E-state index contributed by atoms with van der Waals surface area (Å²) in [5, 5.41) is 14.3. The first kappa shape index (κ1) is 18.1. The minimum Gasteiger partial charge on any atom is -0.340 e. The zero-order valence-corrected chi connectivity index (χ0v) is 13.9. The molecule has 2 N–H and O–H groups in total. The summed E-state index contributed by atoms with van der Waals surface area (Å²) in [5.74, 6) is -1.45. The number of hydrogen-bond donors (Lipinski definition) is 2. The highest BCUT2D eigenvalue weighted by Gasteiger charge is 2.24. The summed E-state index contributed by atoms with van der Waals surface area (Å²) in [4.78, 5) is 24.8. The van der Waals surface area contributed by atoms with Crippen LogP contribution in [0.5, 0.6) is 0 Å². The maximum atomic E-state index is 13.0. The van der Waals surface area contributed by atoms with Gasteiger partial charge in [0.25, 0.3) is 5.91 Å². The van der Waals surface area contributed by atoms with Crippen molar-refractivity contribution in [1.29, 1.82) is 5.26 Å². The minimum absolute atomic E-state index is 0.163. The highest BCUT2D eigenvalue weighted by atomic mass is 19.1. The summed E-state index contributed by atoms with van der Waals surface area (Å²) in [6.07, 6.45) is 0. The maximum absolute atomic E-state index is 13.0. The van der Waals surface area contributed by atoms with E-state index in [9.17, 15) is 14.0 Å². The smallest absolute Gasteiger partial charge is 0.251 e. The van der Waals surface area contributed by atoms with E-state index in [1.165, 1.54) is 24.3 Å². The highest BCUT2D eigenvalue weighted by Crippen LogP contribution is 2.13. The molecular weight excluding hydrogens is 321 g/mol. The monoisotopic (exact) mass is 339 g/mol. The molecule has 0 aliphatic rings. The normalized spacial score (nSPS) is 11.5.